The molecule has 2 aromatic heterocycles. The molecule has 1 unspecified atom stereocenters. The Morgan fingerprint density at radius 2 is 2.21 bits per heavy atom. The molecule has 1 aromatic carbocycles. The molecule has 3 aromatic rings. The molecule has 9 nitrogen and oxygen atoms in total. The lowest BCUT2D eigenvalue weighted by atomic mass is 10.1. The van der Waals surface area contributed by atoms with Crippen LogP contribution < -0.4 is 10.6 Å². The number of benzene rings is 1. The first-order valence-electron chi connectivity index (χ1n) is 9.32. The number of methoxy groups -OCH3 is 1. The smallest absolute Gasteiger partial charge is 0.320 e. The molecule has 4 rings (SSSR count). The number of H-pyrrole nitrogens is 1. The highest BCUT2D eigenvalue weighted by atomic mass is 16.6. The average molecular weight is 394 g/mol. The third-order valence-corrected chi connectivity index (χ3v) is 4.63. The molecule has 2 atom stereocenters. The van der Waals surface area contributed by atoms with E-state index in [0.29, 0.717) is 18.8 Å². The number of hydrogen-bond acceptors (Lipinski definition) is 6. The number of amides is 2. The highest BCUT2D eigenvalue weighted by molar-refractivity contribution is 6.09. The summed E-state index contributed by atoms with van der Waals surface area (Å²) in [6.07, 6.45) is 2.40. The molecule has 9 heteroatoms. The van der Waals surface area contributed by atoms with E-state index in [1.165, 1.54) is 0 Å². The van der Waals surface area contributed by atoms with E-state index in [1.807, 2.05) is 37.3 Å². The zero-order chi connectivity index (χ0) is 20.2. The average Bonchev–Trinajstić information content (AvgIpc) is 3.34. The molecule has 1 aliphatic rings. The van der Waals surface area contributed by atoms with Crippen molar-refractivity contribution in [2.24, 2.45) is 5.16 Å². The third-order valence-electron chi connectivity index (χ3n) is 4.63. The van der Waals surface area contributed by atoms with Crippen molar-refractivity contribution in [3.8, 4) is 0 Å². The highest BCUT2D eigenvalue weighted by Crippen LogP contribution is 2.23. The molecular formula is C20H22N6O3. The van der Waals surface area contributed by atoms with Gasteiger partial charge in [-0.05, 0) is 12.5 Å². The first kappa shape index (κ1) is 18.9. The number of ether oxygens (including phenoxy) is 1. The topological polar surface area (TPSA) is 114 Å². The normalized spacial score (nSPS) is 16.9. The van der Waals surface area contributed by atoms with Gasteiger partial charge < -0.3 is 14.9 Å². The molecule has 0 saturated heterocycles. The molecule has 0 aliphatic carbocycles. The van der Waals surface area contributed by atoms with Crippen LogP contribution in [0.4, 0.5) is 10.6 Å². The Bertz CT molecular complexity index is 1030. The van der Waals surface area contributed by atoms with Gasteiger partial charge in [0.25, 0.3) is 0 Å². The van der Waals surface area contributed by atoms with Crippen LogP contribution in [-0.4, -0.2) is 46.7 Å². The highest BCUT2D eigenvalue weighted by Gasteiger charge is 2.22. The van der Waals surface area contributed by atoms with Crippen molar-refractivity contribution in [1.29, 1.82) is 0 Å². The SMILES string of the molecule is COC[C@@H](NC(=O)Nc1cc2[nH]nc(C3=NOC(C)C3)c2cn1)c1ccccc1. The number of carbonyl (C=O) groups excluding carboxylic acids is 1. The molecule has 3 N–H and O–H groups in total. The van der Waals surface area contributed by atoms with Gasteiger partial charge in [0.15, 0.2) is 0 Å². The van der Waals surface area contributed by atoms with Crippen molar-refractivity contribution < 1.29 is 14.4 Å². The largest absolute Gasteiger partial charge is 0.392 e. The summed E-state index contributed by atoms with van der Waals surface area (Å²) in [5.74, 6) is 0.410. The predicted octanol–water partition coefficient (Wildman–Crippen LogP) is 2.98. The van der Waals surface area contributed by atoms with Gasteiger partial charge in [0.05, 0.1) is 18.2 Å². The van der Waals surface area contributed by atoms with Crippen LogP contribution in [0.25, 0.3) is 10.9 Å². The van der Waals surface area contributed by atoms with Gasteiger partial charge >= 0.3 is 6.03 Å². The van der Waals surface area contributed by atoms with Crippen LogP contribution >= 0.6 is 0 Å². The van der Waals surface area contributed by atoms with Gasteiger partial charge in [0, 0.05) is 31.2 Å². The number of nitrogens with zero attached hydrogens (tertiary/aromatic N) is 3. The Balaban J connectivity index is 1.47. The Morgan fingerprint density at radius 3 is 2.93 bits per heavy atom. The summed E-state index contributed by atoms with van der Waals surface area (Å²) in [6.45, 7) is 2.31. The molecular weight excluding hydrogens is 372 g/mol. The Morgan fingerprint density at radius 1 is 1.38 bits per heavy atom. The number of aromatic nitrogens is 3. The number of oxime groups is 1. The minimum absolute atomic E-state index is 0.0407. The molecule has 0 bridgehead atoms. The molecule has 1 aliphatic heterocycles. The lowest BCUT2D eigenvalue weighted by Crippen LogP contribution is -2.35. The molecule has 150 valence electrons. The summed E-state index contributed by atoms with van der Waals surface area (Å²) in [7, 11) is 1.60. The lowest BCUT2D eigenvalue weighted by molar-refractivity contribution is 0.0995. The fourth-order valence-electron chi connectivity index (χ4n) is 3.23. The van der Waals surface area contributed by atoms with Crippen LogP contribution in [0, 0.1) is 0 Å². The number of hydrogen-bond donors (Lipinski definition) is 3. The molecule has 0 spiro atoms. The monoisotopic (exact) mass is 394 g/mol. The molecule has 0 radical (unpaired) electrons. The summed E-state index contributed by atoms with van der Waals surface area (Å²) in [5, 5.41) is 17.9. The Labute approximate surface area is 167 Å². The second-order valence-corrected chi connectivity index (χ2v) is 6.86. The van der Waals surface area contributed by atoms with Crippen LogP contribution in [0.3, 0.4) is 0 Å². The van der Waals surface area contributed by atoms with E-state index in [9.17, 15) is 4.79 Å². The van der Waals surface area contributed by atoms with E-state index in [2.05, 4.69) is 31.0 Å². The first-order chi connectivity index (χ1) is 14.1. The number of nitrogens with one attached hydrogen (secondary N) is 3. The third kappa shape index (κ3) is 4.19. The van der Waals surface area contributed by atoms with Crippen LogP contribution in [0.15, 0.2) is 47.8 Å². The minimum Gasteiger partial charge on any atom is -0.392 e. The number of fused-ring (bicyclic) bond motifs is 1. The number of pyridine rings is 1. The standard InChI is InChI=1S/C20H22N6O3/c1-12-8-16(26-29-12)19-14-10-21-18(9-15(14)24-25-19)23-20(27)22-17(11-28-2)13-6-4-3-5-7-13/h3-7,9-10,12,17H,8,11H2,1-2H3,(H,24,25)(H2,21,22,23,27)/t12?,17-/m1/s1. The van der Waals surface area contributed by atoms with Crippen molar-refractivity contribution in [3.05, 3.63) is 53.9 Å². The number of anilines is 1. The second-order valence-electron chi connectivity index (χ2n) is 6.86. The van der Waals surface area contributed by atoms with Gasteiger partial charge in [-0.1, -0.05) is 35.5 Å². The number of urea groups is 1. The van der Waals surface area contributed by atoms with Crippen molar-refractivity contribution in [3.63, 3.8) is 0 Å². The van der Waals surface area contributed by atoms with E-state index in [4.69, 9.17) is 9.57 Å². The second kappa shape index (κ2) is 8.27. The van der Waals surface area contributed by atoms with Gasteiger partial charge in [-0.15, -0.1) is 0 Å². The number of rotatable bonds is 6. The van der Waals surface area contributed by atoms with Crippen molar-refractivity contribution in [1.82, 2.24) is 20.5 Å². The van der Waals surface area contributed by atoms with Gasteiger partial charge in [-0.2, -0.15) is 5.10 Å². The van der Waals surface area contributed by atoms with E-state index in [1.54, 1.807) is 19.4 Å². The molecule has 0 saturated carbocycles. The van der Waals surface area contributed by atoms with Crippen LogP contribution in [0.2, 0.25) is 0 Å². The van der Waals surface area contributed by atoms with Crippen molar-refractivity contribution in [2.75, 3.05) is 19.0 Å². The van der Waals surface area contributed by atoms with Crippen LogP contribution in [-0.2, 0) is 9.57 Å². The van der Waals surface area contributed by atoms with Crippen molar-refractivity contribution >= 4 is 28.5 Å². The summed E-state index contributed by atoms with van der Waals surface area (Å²) in [6, 6.07) is 10.7. The maximum Gasteiger partial charge on any atom is 0.320 e. The maximum absolute atomic E-state index is 12.5. The Kier molecular flexibility index (Phi) is 5.39. The summed E-state index contributed by atoms with van der Waals surface area (Å²) < 4.78 is 5.23. The van der Waals surface area contributed by atoms with Gasteiger partial charge in [-0.25, -0.2) is 9.78 Å². The molecule has 2 amide bonds. The van der Waals surface area contributed by atoms with Crippen molar-refractivity contribution in [2.45, 2.75) is 25.5 Å². The van der Waals surface area contributed by atoms with Gasteiger partial charge in [-0.3, -0.25) is 10.4 Å². The zero-order valence-corrected chi connectivity index (χ0v) is 16.2. The van der Waals surface area contributed by atoms with E-state index in [-0.39, 0.29) is 18.2 Å². The van der Waals surface area contributed by atoms with Gasteiger partial charge in [0.1, 0.15) is 23.3 Å². The molecule has 0 fully saturated rings. The summed E-state index contributed by atoms with van der Waals surface area (Å²) >= 11 is 0. The fraction of sp³-hybridized carbons (Fsp3) is 0.300. The lowest BCUT2D eigenvalue weighted by Gasteiger charge is -2.18. The fourth-order valence-corrected chi connectivity index (χ4v) is 3.23. The molecule has 3 heterocycles. The quantitative estimate of drug-likeness (QED) is 0.595. The zero-order valence-electron chi connectivity index (χ0n) is 16.2. The number of carbonyl (C=O) groups is 1. The van der Waals surface area contributed by atoms with Crippen LogP contribution in [0.5, 0.6) is 0 Å². The summed E-state index contributed by atoms with van der Waals surface area (Å²) in [4.78, 5) is 22.1. The predicted molar refractivity (Wildman–Crippen MR) is 109 cm³/mol. The Hall–Kier alpha value is -3.46. The van der Waals surface area contributed by atoms with E-state index >= 15 is 0 Å². The number of aromatic amines is 1. The van der Waals surface area contributed by atoms with Gasteiger partial charge in [0.2, 0.25) is 0 Å². The maximum atomic E-state index is 12.5. The van der Waals surface area contributed by atoms with E-state index in [0.717, 1.165) is 27.9 Å². The van der Waals surface area contributed by atoms with Crippen LogP contribution in [0.1, 0.15) is 30.6 Å². The first-order valence-corrected chi connectivity index (χ1v) is 9.32. The molecule has 29 heavy (non-hydrogen) atoms. The summed E-state index contributed by atoms with van der Waals surface area (Å²) in [5.41, 5.74) is 3.22. The van der Waals surface area contributed by atoms with E-state index < -0.39 is 0 Å². The minimum atomic E-state index is -0.370.